The van der Waals surface area contributed by atoms with Gasteiger partial charge in [0.15, 0.2) is 5.82 Å². The molecule has 0 saturated carbocycles. The minimum atomic E-state index is 0.748. The molecule has 0 fully saturated rings. The summed E-state index contributed by atoms with van der Waals surface area (Å²) in [6.07, 6.45) is 1.85. The number of benzene rings is 1. The summed E-state index contributed by atoms with van der Waals surface area (Å²) in [5.74, 6) is 2.40. The van der Waals surface area contributed by atoms with Crippen LogP contribution in [0.4, 0.5) is 5.82 Å². The molecule has 0 atom stereocenters. The second kappa shape index (κ2) is 5.87. The van der Waals surface area contributed by atoms with Gasteiger partial charge in [-0.3, -0.25) is 0 Å². The molecular formula is C15H18N6. The monoisotopic (exact) mass is 282 g/mol. The second-order valence-electron chi connectivity index (χ2n) is 4.80. The Kier molecular flexibility index (Phi) is 3.77. The van der Waals surface area contributed by atoms with Gasteiger partial charge in [-0.15, -0.1) is 5.10 Å². The number of hydrogen-bond acceptors (Lipinski definition) is 5. The van der Waals surface area contributed by atoms with Gasteiger partial charge in [-0.2, -0.15) is 4.68 Å². The van der Waals surface area contributed by atoms with E-state index in [9.17, 15) is 0 Å². The minimum absolute atomic E-state index is 0.748. The van der Waals surface area contributed by atoms with E-state index in [1.165, 1.54) is 0 Å². The van der Waals surface area contributed by atoms with Crippen LogP contribution in [0.2, 0.25) is 0 Å². The van der Waals surface area contributed by atoms with Crippen molar-refractivity contribution < 1.29 is 0 Å². The van der Waals surface area contributed by atoms with Crippen molar-refractivity contribution in [2.45, 2.75) is 26.7 Å². The molecule has 2 aromatic heterocycles. The van der Waals surface area contributed by atoms with Crippen LogP contribution in [0.1, 0.15) is 26.1 Å². The van der Waals surface area contributed by atoms with Crippen LogP contribution in [-0.4, -0.2) is 31.5 Å². The normalized spacial score (nSPS) is 11.0. The van der Waals surface area contributed by atoms with Gasteiger partial charge in [0.2, 0.25) is 0 Å². The summed E-state index contributed by atoms with van der Waals surface area (Å²) in [7, 11) is 0. The largest absolute Gasteiger partial charge is 0.370 e. The Labute approximate surface area is 123 Å². The van der Waals surface area contributed by atoms with Crippen LogP contribution >= 0.6 is 0 Å². The first-order valence-electron chi connectivity index (χ1n) is 7.24. The van der Waals surface area contributed by atoms with Crippen molar-refractivity contribution in [2.75, 3.05) is 11.9 Å². The highest BCUT2D eigenvalue weighted by molar-refractivity contribution is 5.75. The van der Waals surface area contributed by atoms with E-state index in [4.69, 9.17) is 0 Å². The van der Waals surface area contributed by atoms with Gasteiger partial charge in [0.1, 0.15) is 17.2 Å². The number of hydrogen-bond donors (Lipinski definition) is 1. The van der Waals surface area contributed by atoms with E-state index in [2.05, 4.69) is 32.5 Å². The second-order valence-corrected chi connectivity index (χ2v) is 4.80. The van der Waals surface area contributed by atoms with Gasteiger partial charge in [-0.1, -0.05) is 24.3 Å². The highest BCUT2D eigenvalue weighted by atomic mass is 15.4. The molecule has 0 aliphatic carbocycles. The average molecular weight is 282 g/mol. The molecule has 3 rings (SSSR count). The summed E-state index contributed by atoms with van der Waals surface area (Å²) in [5, 5.41) is 11.6. The van der Waals surface area contributed by atoms with Crippen molar-refractivity contribution >= 4 is 16.9 Å². The SMILES string of the molecule is CCCc1nc(NCC)cc(-n2nnc3ccccc32)n1. The van der Waals surface area contributed by atoms with E-state index in [0.717, 1.165) is 47.9 Å². The summed E-state index contributed by atoms with van der Waals surface area (Å²) in [6.45, 7) is 4.99. The third kappa shape index (κ3) is 2.69. The van der Waals surface area contributed by atoms with E-state index in [0.29, 0.717) is 0 Å². The zero-order chi connectivity index (χ0) is 14.7. The minimum Gasteiger partial charge on any atom is -0.370 e. The molecule has 1 N–H and O–H groups in total. The average Bonchev–Trinajstić information content (AvgIpc) is 2.92. The first-order valence-corrected chi connectivity index (χ1v) is 7.24. The maximum atomic E-state index is 4.61. The smallest absolute Gasteiger partial charge is 0.161 e. The van der Waals surface area contributed by atoms with Crippen LogP contribution in [0.5, 0.6) is 0 Å². The van der Waals surface area contributed by atoms with Crippen molar-refractivity contribution in [2.24, 2.45) is 0 Å². The summed E-state index contributed by atoms with van der Waals surface area (Å²) >= 11 is 0. The quantitative estimate of drug-likeness (QED) is 0.779. The molecule has 6 nitrogen and oxygen atoms in total. The number of nitrogens with one attached hydrogen (secondary N) is 1. The molecule has 108 valence electrons. The van der Waals surface area contributed by atoms with Crippen molar-refractivity contribution in [3.63, 3.8) is 0 Å². The predicted octanol–water partition coefficient (Wildman–Crippen LogP) is 2.59. The molecule has 0 unspecified atom stereocenters. The number of para-hydroxylation sites is 1. The molecule has 0 aliphatic rings. The van der Waals surface area contributed by atoms with Crippen molar-refractivity contribution in [1.82, 2.24) is 25.0 Å². The van der Waals surface area contributed by atoms with E-state index in [-0.39, 0.29) is 0 Å². The molecule has 0 aliphatic heterocycles. The van der Waals surface area contributed by atoms with Crippen molar-refractivity contribution in [1.29, 1.82) is 0 Å². The molecule has 3 aromatic rings. The molecule has 0 saturated heterocycles. The third-order valence-electron chi connectivity index (χ3n) is 3.16. The van der Waals surface area contributed by atoms with Gasteiger partial charge in [0.25, 0.3) is 0 Å². The molecule has 0 bridgehead atoms. The van der Waals surface area contributed by atoms with E-state index < -0.39 is 0 Å². The number of aryl methyl sites for hydroxylation is 1. The lowest BCUT2D eigenvalue weighted by Crippen LogP contribution is -2.08. The van der Waals surface area contributed by atoms with Crippen LogP contribution in [0.3, 0.4) is 0 Å². The number of anilines is 1. The topological polar surface area (TPSA) is 68.5 Å². The molecule has 1 aromatic carbocycles. The first kappa shape index (κ1) is 13.5. The summed E-state index contributed by atoms with van der Waals surface area (Å²) in [5.41, 5.74) is 1.80. The van der Waals surface area contributed by atoms with Gasteiger partial charge in [0.05, 0.1) is 5.52 Å². The number of aromatic nitrogens is 5. The maximum Gasteiger partial charge on any atom is 0.161 e. The fraction of sp³-hybridized carbons (Fsp3) is 0.333. The Balaban J connectivity index is 2.11. The Morgan fingerprint density at radius 1 is 1.14 bits per heavy atom. The molecule has 0 radical (unpaired) electrons. The van der Waals surface area contributed by atoms with Crippen molar-refractivity contribution in [3.05, 3.63) is 36.2 Å². The number of fused-ring (bicyclic) bond motifs is 1. The van der Waals surface area contributed by atoms with Crippen LogP contribution in [0, 0.1) is 0 Å². The standard InChI is InChI=1S/C15H18N6/c1-3-7-13-17-14(16-4-2)10-15(18-13)21-12-9-6-5-8-11(12)19-20-21/h5-6,8-10H,3-4,7H2,1-2H3,(H,16,17,18). The van der Waals surface area contributed by atoms with E-state index in [1.54, 1.807) is 4.68 Å². The maximum absolute atomic E-state index is 4.61. The Morgan fingerprint density at radius 3 is 2.81 bits per heavy atom. The number of nitrogens with zero attached hydrogens (tertiary/aromatic N) is 5. The first-order chi connectivity index (χ1) is 10.3. The Hall–Kier alpha value is -2.50. The van der Waals surface area contributed by atoms with Gasteiger partial charge in [-0.25, -0.2) is 9.97 Å². The summed E-state index contributed by atoms with van der Waals surface area (Å²) < 4.78 is 1.76. The lowest BCUT2D eigenvalue weighted by Gasteiger charge is -2.08. The van der Waals surface area contributed by atoms with Crippen molar-refractivity contribution in [3.8, 4) is 5.82 Å². The van der Waals surface area contributed by atoms with Gasteiger partial charge >= 0.3 is 0 Å². The summed E-state index contributed by atoms with van der Waals surface area (Å²) in [6, 6.07) is 9.77. The lowest BCUT2D eigenvalue weighted by atomic mass is 10.3. The fourth-order valence-corrected chi connectivity index (χ4v) is 2.24. The van der Waals surface area contributed by atoms with E-state index in [1.807, 2.05) is 37.3 Å². The molecule has 6 heteroatoms. The Morgan fingerprint density at radius 2 is 2.00 bits per heavy atom. The van der Waals surface area contributed by atoms with E-state index >= 15 is 0 Å². The Bertz CT molecular complexity index is 725. The number of rotatable bonds is 5. The van der Waals surface area contributed by atoms with Gasteiger partial charge in [-0.05, 0) is 25.5 Å². The summed E-state index contributed by atoms with van der Waals surface area (Å²) in [4.78, 5) is 9.13. The zero-order valence-corrected chi connectivity index (χ0v) is 12.2. The molecule has 2 heterocycles. The molecular weight excluding hydrogens is 264 g/mol. The van der Waals surface area contributed by atoms with Crippen LogP contribution < -0.4 is 5.32 Å². The lowest BCUT2D eigenvalue weighted by molar-refractivity contribution is 0.767. The third-order valence-corrected chi connectivity index (χ3v) is 3.16. The predicted molar refractivity (Wildman–Crippen MR) is 82.6 cm³/mol. The highest BCUT2D eigenvalue weighted by Gasteiger charge is 2.10. The van der Waals surface area contributed by atoms with Crippen LogP contribution in [0.15, 0.2) is 30.3 Å². The fourth-order valence-electron chi connectivity index (χ4n) is 2.24. The zero-order valence-electron chi connectivity index (χ0n) is 12.2. The highest BCUT2D eigenvalue weighted by Crippen LogP contribution is 2.17. The molecule has 0 spiro atoms. The van der Waals surface area contributed by atoms with Gasteiger partial charge in [0, 0.05) is 19.0 Å². The van der Waals surface area contributed by atoms with Crippen LogP contribution in [0.25, 0.3) is 16.9 Å². The molecule has 21 heavy (non-hydrogen) atoms. The van der Waals surface area contributed by atoms with Gasteiger partial charge < -0.3 is 5.32 Å². The van der Waals surface area contributed by atoms with Crippen LogP contribution in [-0.2, 0) is 6.42 Å². The molecule has 0 amide bonds.